The zero-order chi connectivity index (χ0) is 19.7. The fraction of sp³-hybridized carbons (Fsp3) is 0.0455. The van der Waals surface area contributed by atoms with E-state index < -0.39 is 0 Å². The highest BCUT2D eigenvalue weighted by atomic mass is 19.1. The lowest BCUT2D eigenvalue weighted by atomic mass is 9.99. The van der Waals surface area contributed by atoms with Crippen molar-refractivity contribution < 1.29 is 9.18 Å². The van der Waals surface area contributed by atoms with Crippen LogP contribution in [0.3, 0.4) is 0 Å². The van der Waals surface area contributed by atoms with E-state index in [1.807, 2.05) is 25.1 Å². The van der Waals surface area contributed by atoms with E-state index in [0.29, 0.717) is 27.8 Å². The Morgan fingerprint density at radius 1 is 1.00 bits per heavy atom. The lowest BCUT2D eigenvalue weighted by molar-refractivity contribution is 0.102. The molecule has 4 aromatic rings. The molecule has 0 unspecified atom stereocenters. The monoisotopic (exact) mass is 372 g/mol. The molecule has 3 N–H and O–H groups in total. The second-order valence-electron chi connectivity index (χ2n) is 6.42. The summed E-state index contributed by atoms with van der Waals surface area (Å²) in [6, 6.07) is 15.3. The standard InChI is InChI=1S/C22H17FN4O/c1-13-20(6-3-9-25-13)27-22(28)19-12-26-21(24)18-11-15(7-8-17(18)19)14-4-2-5-16(23)10-14/h2-12H,1H3,(H2,24,26)(H,27,28). The fourth-order valence-electron chi connectivity index (χ4n) is 3.10. The van der Waals surface area contributed by atoms with Crippen molar-refractivity contribution in [3.8, 4) is 11.1 Å². The SMILES string of the molecule is Cc1ncccc1NC(=O)c1cnc(N)c2cc(-c3cccc(F)c3)ccc12. The van der Waals surface area contributed by atoms with Crippen LogP contribution in [-0.2, 0) is 0 Å². The van der Waals surface area contributed by atoms with Gasteiger partial charge in [0.2, 0.25) is 0 Å². The Morgan fingerprint density at radius 3 is 2.61 bits per heavy atom. The number of amides is 1. The summed E-state index contributed by atoms with van der Waals surface area (Å²) in [4.78, 5) is 21.2. The minimum Gasteiger partial charge on any atom is -0.383 e. The molecule has 0 bridgehead atoms. The molecule has 2 aromatic heterocycles. The van der Waals surface area contributed by atoms with Crippen molar-refractivity contribution in [3.05, 3.63) is 84.1 Å². The number of nitrogens with one attached hydrogen (secondary N) is 1. The molecule has 2 aromatic carbocycles. The molecule has 1 amide bonds. The molecule has 0 fully saturated rings. The number of halogens is 1. The molecule has 0 aliphatic heterocycles. The van der Waals surface area contributed by atoms with E-state index in [0.717, 1.165) is 16.8 Å². The maximum absolute atomic E-state index is 13.6. The lowest BCUT2D eigenvalue weighted by Gasteiger charge is -2.12. The van der Waals surface area contributed by atoms with Gasteiger partial charge in [-0.15, -0.1) is 0 Å². The lowest BCUT2D eigenvalue weighted by Crippen LogP contribution is -2.14. The Bertz CT molecular complexity index is 1210. The van der Waals surface area contributed by atoms with Gasteiger partial charge >= 0.3 is 0 Å². The molecule has 0 radical (unpaired) electrons. The Morgan fingerprint density at radius 2 is 1.82 bits per heavy atom. The van der Waals surface area contributed by atoms with Gasteiger partial charge in [0, 0.05) is 17.8 Å². The van der Waals surface area contributed by atoms with Crippen molar-refractivity contribution in [1.29, 1.82) is 0 Å². The second kappa shape index (κ2) is 7.08. The number of benzene rings is 2. The van der Waals surface area contributed by atoms with E-state index in [4.69, 9.17) is 5.73 Å². The summed E-state index contributed by atoms with van der Waals surface area (Å²) >= 11 is 0. The summed E-state index contributed by atoms with van der Waals surface area (Å²) in [5, 5.41) is 4.17. The summed E-state index contributed by atoms with van der Waals surface area (Å²) < 4.78 is 13.6. The van der Waals surface area contributed by atoms with Gasteiger partial charge in [0.05, 0.1) is 16.9 Å². The number of hydrogen-bond acceptors (Lipinski definition) is 4. The van der Waals surface area contributed by atoms with Crippen LogP contribution in [0.4, 0.5) is 15.9 Å². The number of rotatable bonds is 3. The quantitative estimate of drug-likeness (QED) is 0.552. The van der Waals surface area contributed by atoms with E-state index >= 15 is 0 Å². The molecule has 0 aliphatic carbocycles. The van der Waals surface area contributed by atoms with Crippen LogP contribution in [0.15, 0.2) is 67.0 Å². The normalized spacial score (nSPS) is 10.8. The van der Waals surface area contributed by atoms with Crippen LogP contribution in [0, 0.1) is 12.7 Å². The molecule has 4 rings (SSSR count). The van der Waals surface area contributed by atoms with Gasteiger partial charge in [-0.2, -0.15) is 0 Å². The number of aromatic nitrogens is 2. The number of pyridine rings is 2. The molecular formula is C22H17FN4O. The number of anilines is 2. The maximum atomic E-state index is 13.6. The summed E-state index contributed by atoms with van der Waals surface area (Å²) in [5.41, 5.74) is 9.32. The number of hydrogen-bond donors (Lipinski definition) is 2. The van der Waals surface area contributed by atoms with Crippen LogP contribution >= 0.6 is 0 Å². The summed E-state index contributed by atoms with van der Waals surface area (Å²) in [5.74, 6) is -0.307. The van der Waals surface area contributed by atoms with Gasteiger partial charge in [-0.1, -0.05) is 24.3 Å². The molecule has 2 heterocycles. The van der Waals surface area contributed by atoms with Crippen LogP contribution in [0.25, 0.3) is 21.9 Å². The van der Waals surface area contributed by atoms with E-state index in [1.165, 1.54) is 18.3 Å². The van der Waals surface area contributed by atoms with Crippen LogP contribution in [0.1, 0.15) is 16.1 Å². The van der Waals surface area contributed by atoms with Crippen molar-refractivity contribution in [3.63, 3.8) is 0 Å². The Kier molecular flexibility index (Phi) is 4.45. The molecule has 0 aliphatic rings. The first kappa shape index (κ1) is 17.6. The number of nitrogen functional groups attached to an aromatic ring is 1. The molecule has 138 valence electrons. The Hall–Kier alpha value is -3.80. The highest BCUT2D eigenvalue weighted by Gasteiger charge is 2.15. The van der Waals surface area contributed by atoms with Crippen LogP contribution in [0.5, 0.6) is 0 Å². The summed E-state index contributed by atoms with van der Waals surface area (Å²) in [7, 11) is 0. The molecule has 5 nitrogen and oxygen atoms in total. The molecule has 0 saturated carbocycles. The predicted molar refractivity (Wildman–Crippen MR) is 108 cm³/mol. The fourth-order valence-corrected chi connectivity index (χ4v) is 3.10. The minimum absolute atomic E-state index is 0.299. The van der Waals surface area contributed by atoms with E-state index in [-0.39, 0.29) is 11.7 Å². The van der Waals surface area contributed by atoms with E-state index in [9.17, 15) is 9.18 Å². The van der Waals surface area contributed by atoms with Crippen LogP contribution < -0.4 is 11.1 Å². The minimum atomic E-state index is -0.316. The average molecular weight is 372 g/mol. The van der Waals surface area contributed by atoms with Gasteiger partial charge < -0.3 is 11.1 Å². The van der Waals surface area contributed by atoms with Gasteiger partial charge in [0.15, 0.2) is 0 Å². The third-order valence-corrected chi connectivity index (χ3v) is 4.58. The third kappa shape index (κ3) is 3.27. The first-order valence-corrected chi connectivity index (χ1v) is 8.70. The number of nitrogens with zero attached hydrogens (tertiary/aromatic N) is 2. The highest BCUT2D eigenvalue weighted by molar-refractivity contribution is 6.14. The van der Waals surface area contributed by atoms with Crippen LogP contribution in [-0.4, -0.2) is 15.9 Å². The van der Waals surface area contributed by atoms with Crippen molar-refractivity contribution in [1.82, 2.24) is 9.97 Å². The topological polar surface area (TPSA) is 80.9 Å². The Labute approximate surface area is 161 Å². The first-order chi connectivity index (χ1) is 13.5. The van der Waals surface area contributed by atoms with Crippen molar-refractivity contribution in [2.75, 3.05) is 11.1 Å². The van der Waals surface area contributed by atoms with Gasteiger partial charge in [-0.3, -0.25) is 9.78 Å². The van der Waals surface area contributed by atoms with Gasteiger partial charge in [0.1, 0.15) is 11.6 Å². The van der Waals surface area contributed by atoms with Gasteiger partial charge in [-0.25, -0.2) is 9.37 Å². The number of carbonyl (C=O) groups is 1. The largest absolute Gasteiger partial charge is 0.383 e. The summed E-state index contributed by atoms with van der Waals surface area (Å²) in [6.45, 7) is 1.82. The number of fused-ring (bicyclic) bond motifs is 1. The van der Waals surface area contributed by atoms with Crippen molar-refractivity contribution in [2.45, 2.75) is 6.92 Å². The van der Waals surface area contributed by atoms with E-state index in [1.54, 1.807) is 30.5 Å². The predicted octanol–water partition coefficient (Wildman–Crippen LogP) is 4.58. The van der Waals surface area contributed by atoms with Crippen LogP contribution in [0.2, 0.25) is 0 Å². The molecule has 6 heteroatoms. The van der Waals surface area contributed by atoms with Crippen molar-refractivity contribution in [2.24, 2.45) is 0 Å². The molecule has 0 spiro atoms. The zero-order valence-corrected chi connectivity index (χ0v) is 15.1. The van der Waals surface area contributed by atoms with Gasteiger partial charge in [-0.05, 0) is 53.8 Å². The Balaban J connectivity index is 1.77. The molecule has 0 saturated heterocycles. The summed E-state index contributed by atoms with van der Waals surface area (Å²) in [6.07, 6.45) is 3.12. The number of nitrogens with two attached hydrogens (primary N) is 1. The first-order valence-electron chi connectivity index (χ1n) is 8.70. The number of aryl methyl sites for hydroxylation is 1. The van der Waals surface area contributed by atoms with E-state index in [2.05, 4.69) is 15.3 Å². The zero-order valence-electron chi connectivity index (χ0n) is 15.1. The smallest absolute Gasteiger partial charge is 0.257 e. The molecule has 0 atom stereocenters. The average Bonchev–Trinajstić information content (AvgIpc) is 2.70. The number of carbonyl (C=O) groups excluding carboxylic acids is 1. The third-order valence-electron chi connectivity index (χ3n) is 4.58. The molecule has 28 heavy (non-hydrogen) atoms. The molecular weight excluding hydrogens is 355 g/mol. The highest BCUT2D eigenvalue weighted by Crippen LogP contribution is 2.29. The van der Waals surface area contributed by atoms with Gasteiger partial charge in [0.25, 0.3) is 5.91 Å². The van der Waals surface area contributed by atoms with Crippen molar-refractivity contribution >= 4 is 28.2 Å². The maximum Gasteiger partial charge on any atom is 0.257 e. The second-order valence-corrected chi connectivity index (χ2v) is 6.42.